The van der Waals surface area contributed by atoms with Gasteiger partial charge in [-0.05, 0) is 18.8 Å². The van der Waals surface area contributed by atoms with E-state index in [0.29, 0.717) is 17.9 Å². The molecule has 0 bridgehead atoms. The maximum absolute atomic E-state index is 5.73. The smallest absolute Gasteiger partial charge is 0.227 e. The number of nitrogens with one attached hydrogen (secondary N) is 1. The summed E-state index contributed by atoms with van der Waals surface area (Å²) in [6.07, 6.45) is 4.97. The summed E-state index contributed by atoms with van der Waals surface area (Å²) in [5.41, 5.74) is 5.73. The number of aromatic nitrogens is 3. The average Bonchev–Trinajstić information content (AvgIpc) is 2.28. The Balaban J connectivity index is 2.08. The monoisotopic (exact) mass is 249 g/mol. The molecule has 0 saturated heterocycles. The summed E-state index contributed by atoms with van der Waals surface area (Å²) in [6.45, 7) is 6.41. The Morgan fingerprint density at radius 3 is 2.67 bits per heavy atom. The summed E-state index contributed by atoms with van der Waals surface area (Å²) >= 11 is 0. The van der Waals surface area contributed by atoms with E-state index >= 15 is 0 Å². The van der Waals surface area contributed by atoms with Crippen molar-refractivity contribution in [2.75, 3.05) is 11.1 Å². The zero-order valence-electron chi connectivity index (χ0n) is 11.5. The molecule has 2 unspecified atom stereocenters. The lowest BCUT2D eigenvalue weighted by atomic mass is 9.87. The van der Waals surface area contributed by atoms with Gasteiger partial charge in [0.05, 0.1) is 0 Å². The van der Waals surface area contributed by atoms with Gasteiger partial charge < -0.3 is 11.1 Å². The fourth-order valence-corrected chi connectivity index (χ4v) is 2.48. The highest BCUT2D eigenvalue weighted by atomic mass is 15.2. The van der Waals surface area contributed by atoms with E-state index < -0.39 is 0 Å². The number of anilines is 2. The molecular weight excluding hydrogens is 226 g/mol. The molecule has 1 saturated carbocycles. The Morgan fingerprint density at radius 1 is 1.22 bits per heavy atom. The van der Waals surface area contributed by atoms with Crippen molar-refractivity contribution >= 4 is 11.9 Å². The summed E-state index contributed by atoms with van der Waals surface area (Å²) < 4.78 is 0. The molecule has 1 aliphatic rings. The minimum Gasteiger partial charge on any atom is -0.368 e. The zero-order valence-corrected chi connectivity index (χ0v) is 11.5. The first-order valence-electron chi connectivity index (χ1n) is 6.82. The molecule has 0 aromatic carbocycles. The predicted octanol–water partition coefficient (Wildman–Crippen LogP) is 2.57. The van der Waals surface area contributed by atoms with Crippen molar-refractivity contribution < 1.29 is 0 Å². The zero-order chi connectivity index (χ0) is 13.1. The fraction of sp³-hybridized carbons (Fsp3) is 0.769. The molecule has 0 amide bonds. The average molecular weight is 249 g/mol. The number of nitrogen functional groups attached to an aromatic ring is 1. The lowest BCUT2D eigenvalue weighted by molar-refractivity contribution is 0.357. The normalized spacial score (nSPS) is 24.2. The standard InChI is InChI=1S/C13H23N5/c1-8(2)11-16-12(14)18-13(17-11)15-10-6-4-5-9(3)7-10/h8-10H,4-7H2,1-3H3,(H3,14,15,16,17,18). The second-order valence-electron chi connectivity index (χ2n) is 5.64. The second-order valence-corrected chi connectivity index (χ2v) is 5.64. The van der Waals surface area contributed by atoms with Crippen LogP contribution >= 0.6 is 0 Å². The first kappa shape index (κ1) is 13.1. The van der Waals surface area contributed by atoms with Gasteiger partial charge in [0.2, 0.25) is 11.9 Å². The van der Waals surface area contributed by atoms with Crippen LogP contribution in [0, 0.1) is 5.92 Å². The van der Waals surface area contributed by atoms with Gasteiger partial charge in [-0.1, -0.05) is 33.6 Å². The van der Waals surface area contributed by atoms with Crippen LogP contribution in [0.1, 0.15) is 58.2 Å². The predicted molar refractivity (Wildman–Crippen MR) is 73.4 cm³/mol. The van der Waals surface area contributed by atoms with E-state index in [2.05, 4.69) is 41.0 Å². The first-order valence-corrected chi connectivity index (χ1v) is 6.82. The maximum Gasteiger partial charge on any atom is 0.227 e. The van der Waals surface area contributed by atoms with E-state index in [0.717, 1.165) is 11.7 Å². The summed E-state index contributed by atoms with van der Waals surface area (Å²) in [5, 5.41) is 3.41. The lowest BCUT2D eigenvalue weighted by Crippen LogP contribution is -2.27. The molecule has 100 valence electrons. The van der Waals surface area contributed by atoms with Crippen LogP contribution in [0.4, 0.5) is 11.9 Å². The third kappa shape index (κ3) is 3.31. The summed E-state index contributed by atoms with van der Waals surface area (Å²) in [5.74, 6) is 2.74. The molecule has 1 fully saturated rings. The lowest BCUT2D eigenvalue weighted by Gasteiger charge is -2.27. The van der Waals surface area contributed by atoms with E-state index in [1.807, 2.05) is 0 Å². The number of nitrogens with zero attached hydrogens (tertiary/aromatic N) is 3. The van der Waals surface area contributed by atoms with Gasteiger partial charge in [0, 0.05) is 12.0 Å². The van der Waals surface area contributed by atoms with Gasteiger partial charge >= 0.3 is 0 Å². The van der Waals surface area contributed by atoms with Crippen LogP contribution in [0.2, 0.25) is 0 Å². The topological polar surface area (TPSA) is 76.7 Å². The Bertz CT molecular complexity index is 404. The molecule has 2 atom stereocenters. The van der Waals surface area contributed by atoms with Crippen molar-refractivity contribution in [3.05, 3.63) is 5.82 Å². The van der Waals surface area contributed by atoms with Crippen LogP contribution in [-0.2, 0) is 0 Å². The molecule has 0 aliphatic heterocycles. The van der Waals surface area contributed by atoms with E-state index in [1.165, 1.54) is 25.7 Å². The van der Waals surface area contributed by atoms with E-state index in [9.17, 15) is 0 Å². The van der Waals surface area contributed by atoms with Crippen LogP contribution in [-0.4, -0.2) is 21.0 Å². The summed E-state index contributed by atoms with van der Waals surface area (Å²) in [7, 11) is 0. The highest BCUT2D eigenvalue weighted by molar-refractivity contribution is 5.32. The van der Waals surface area contributed by atoms with Crippen LogP contribution in [0.25, 0.3) is 0 Å². The molecule has 1 aromatic rings. The number of rotatable bonds is 3. The Labute approximate surface area is 109 Å². The Morgan fingerprint density at radius 2 is 2.00 bits per heavy atom. The molecule has 5 heteroatoms. The molecular formula is C13H23N5. The molecule has 2 rings (SSSR count). The fourth-order valence-electron chi connectivity index (χ4n) is 2.48. The van der Waals surface area contributed by atoms with E-state index in [1.54, 1.807) is 0 Å². The van der Waals surface area contributed by atoms with Gasteiger partial charge in [-0.15, -0.1) is 0 Å². The quantitative estimate of drug-likeness (QED) is 0.861. The van der Waals surface area contributed by atoms with Crippen molar-refractivity contribution in [2.24, 2.45) is 5.92 Å². The Hall–Kier alpha value is -1.39. The van der Waals surface area contributed by atoms with Gasteiger partial charge in [-0.2, -0.15) is 15.0 Å². The molecule has 1 aromatic heterocycles. The molecule has 0 spiro atoms. The van der Waals surface area contributed by atoms with Crippen LogP contribution < -0.4 is 11.1 Å². The van der Waals surface area contributed by atoms with E-state index in [4.69, 9.17) is 5.73 Å². The summed E-state index contributed by atoms with van der Waals surface area (Å²) in [4.78, 5) is 12.8. The molecule has 3 N–H and O–H groups in total. The van der Waals surface area contributed by atoms with Gasteiger partial charge in [-0.25, -0.2) is 0 Å². The minimum atomic E-state index is 0.265. The van der Waals surface area contributed by atoms with Crippen molar-refractivity contribution in [3.63, 3.8) is 0 Å². The third-order valence-corrected chi connectivity index (χ3v) is 3.46. The number of hydrogen-bond acceptors (Lipinski definition) is 5. The van der Waals surface area contributed by atoms with Crippen LogP contribution in [0.15, 0.2) is 0 Å². The van der Waals surface area contributed by atoms with Gasteiger partial charge in [-0.3, -0.25) is 0 Å². The Kier molecular flexibility index (Phi) is 3.99. The molecule has 5 nitrogen and oxygen atoms in total. The van der Waals surface area contributed by atoms with Crippen molar-refractivity contribution in [2.45, 2.75) is 58.4 Å². The minimum absolute atomic E-state index is 0.265. The van der Waals surface area contributed by atoms with Gasteiger partial charge in [0.25, 0.3) is 0 Å². The van der Waals surface area contributed by atoms with Crippen LogP contribution in [0.5, 0.6) is 0 Å². The SMILES string of the molecule is CC1CCCC(Nc2nc(N)nc(C(C)C)n2)C1. The van der Waals surface area contributed by atoms with Gasteiger partial charge in [0.1, 0.15) is 5.82 Å². The van der Waals surface area contributed by atoms with Crippen molar-refractivity contribution in [1.82, 2.24) is 15.0 Å². The molecule has 0 radical (unpaired) electrons. The molecule has 1 aliphatic carbocycles. The largest absolute Gasteiger partial charge is 0.368 e. The highest BCUT2D eigenvalue weighted by Crippen LogP contribution is 2.25. The number of nitrogens with two attached hydrogens (primary N) is 1. The first-order chi connectivity index (χ1) is 8.54. The van der Waals surface area contributed by atoms with Crippen molar-refractivity contribution in [3.8, 4) is 0 Å². The number of hydrogen-bond donors (Lipinski definition) is 2. The van der Waals surface area contributed by atoms with Crippen molar-refractivity contribution in [1.29, 1.82) is 0 Å². The van der Waals surface area contributed by atoms with Gasteiger partial charge in [0.15, 0.2) is 0 Å². The second kappa shape index (κ2) is 5.50. The van der Waals surface area contributed by atoms with Crippen LogP contribution in [0.3, 0.4) is 0 Å². The van der Waals surface area contributed by atoms with E-state index in [-0.39, 0.29) is 5.92 Å². The molecule has 1 heterocycles. The maximum atomic E-state index is 5.73. The molecule has 18 heavy (non-hydrogen) atoms. The summed E-state index contributed by atoms with van der Waals surface area (Å²) in [6, 6.07) is 0.468. The third-order valence-electron chi connectivity index (χ3n) is 3.46. The highest BCUT2D eigenvalue weighted by Gasteiger charge is 2.20.